The molecule has 0 saturated heterocycles. The maximum atomic E-state index is 5.19. The molecule has 0 fully saturated rings. The largest absolute Gasteiger partial charge is 0.497 e. The van der Waals surface area contributed by atoms with Crippen LogP contribution in [0.1, 0.15) is 38.7 Å². The Labute approximate surface area is 124 Å². The van der Waals surface area contributed by atoms with Gasteiger partial charge in [-0.25, -0.2) is 0 Å². The van der Waals surface area contributed by atoms with Crippen LogP contribution in [-0.4, -0.2) is 38.2 Å². The van der Waals surface area contributed by atoms with E-state index < -0.39 is 0 Å². The third kappa shape index (κ3) is 6.40. The van der Waals surface area contributed by atoms with Crippen LogP contribution < -0.4 is 10.1 Å². The van der Waals surface area contributed by atoms with Gasteiger partial charge in [-0.3, -0.25) is 0 Å². The SMILES string of the molecule is CCCNC(CCC)CN(C)Cc1ccc(OC)cc1. The van der Waals surface area contributed by atoms with Crippen molar-refractivity contribution in [1.82, 2.24) is 10.2 Å². The topological polar surface area (TPSA) is 24.5 Å². The molecular formula is C17H30N2O. The molecule has 20 heavy (non-hydrogen) atoms. The number of ether oxygens (including phenoxy) is 1. The zero-order valence-electron chi connectivity index (χ0n) is 13.5. The molecule has 114 valence electrons. The van der Waals surface area contributed by atoms with E-state index in [0.717, 1.165) is 25.4 Å². The summed E-state index contributed by atoms with van der Waals surface area (Å²) in [5.74, 6) is 0.921. The molecule has 0 aliphatic heterocycles. The fraction of sp³-hybridized carbons (Fsp3) is 0.647. The Balaban J connectivity index is 2.44. The standard InChI is InChI=1S/C17H30N2O/c1-5-7-16(18-12-6-2)14-19(3)13-15-8-10-17(20-4)11-9-15/h8-11,16,18H,5-7,12-14H2,1-4H3. The van der Waals surface area contributed by atoms with Gasteiger partial charge >= 0.3 is 0 Å². The lowest BCUT2D eigenvalue weighted by atomic mass is 10.1. The molecule has 0 heterocycles. The molecule has 1 rings (SSSR count). The summed E-state index contributed by atoms with van der Waals surface area (Å²) in [5, 5.41) is 3.64. The highest BCUT2D eigenvalue weighted by atomic mass is 16.5. The number of nitrogens with one attached hydrogen (secondary N) is 1. The first kappa shape index (κ1) is 17.0. The summed E-state index contributed by atoms with van der Waals surface area (Å²) in [4.78, 5) is 2.39. The number of nitrogens with zero attached hydrogens (tertiary/aromatic N) is 1. The maximum Gasteiger partial charge on any atom is 0.118 e. The van der Waals surface area contributed by atoms with Crippen LogP contribution in [0, 0.1) is 0 Å². The first-order valence-electron chi connectivity index (χ1n) is 7.74. The van der Waals surface area contributed by atoms with Crippen molar-refractivity contribution in [2.75, 3.05) is 27.2 Å². The lowest BCUT2D eigenvalue weighted by Crippen LogP contribution is -2.39. The lowest BCUT2D eigenvalue weighted by Gasteiger charge is -2.25. The Morgan fingerprint density at radius 2 is 1.85 bits per heavy atom. The molecule has 1 aromatic rings. The van der Waals surface area contributed by atoms with E-state index in [1.165, 1.54) is 24.8 Å². The normalized spacial score (nSPS) is 12.7. The van der Waals surface area contributed by atoms with E-state index in [2.05, 4.69) is 43.2 Å². The summed E-state index contributed by atoms with van der Waals surface area (Å²) in [5.41, 5.74) is 1.33. The van der Waals surface area contributed by atoms with Gasteiger partial charge in [0.05, 0.1) is 7.11 Å². The van der Waals surface area contributed by atoms with Gasteiger partial charge in [0.15, 0.2) is 0 Å². The summed E-state index contributed by atoms with van der Waals surface area (Å²) in [7, 11) is 3.90. The van der Waals surface area contributed by atoms with Crippen molar-refractivity contribution in [1.29, 1.82) is 0 Å². The second-order valence-corrected chi connectivity index (χ2v) is 5.48. The van der Waals surface area contributed by atoms with E-state index in [4.69, 9.17) is 4.74 Å². The molecule has 1 unspecified atom stereocenters. The van der Waals surface area contributed by atoms with Gasteiger partial charge in [-0.2, -0.15) is 0 Å². The summed E-state index contributed by atoms with van der Waals surface area (Å²) in [6.07, 6.45) is 3.67. The number of hydrogen-bond acceptors (Lipinski definition) is 3. The van der Waals surface area contributed by atoms with Crippen molar-refractivity contribution >= 4 is 0 Å². The predicted octanol–water partition coefficient (Wildman–Crippen LogP) is 3.30. The van der Waals surface area contributed by atoms with Gasteiger partial charge in [0.25, 0.3) is 0 Å². The Morgan fingerprint density at radius 3 is 2.40 bits per heavy atom. The predicted molar refractivity (Wildman–Crippen MR) is 86.3 cm³/mol. The van der Waals surface area contributed by atoms with Gasteiger partial charge in [-0.1, -0.05) is 32.4 Å². The van der Waals surface area contributed by atoms with E-state index >= 15 is 0 Å². The fourth-order valence-electron chi connectivity index (χ4n) is 2.44. The minimum Gasteiger partial charge on any atom is -0.497 e. The van der Waals surface area contributed by atoms with Crippen molar-refractivity contribution < 1.29 is 4.74 Å². The minimum atomic E-state index is 0.600. The highest BCUT2D eigenvalue weighted by molar-refractivity contribution is 5.27. The van der Waals surface area contributed by atoms with Crippen LogP contribution in [-0.2, 0) is 6.54 Å². The molecule has 0 aromatic heterocycles. The number of methoxy groups -OCH3 is 1. The summed E-state index contributed by atoms with van der Waals surface area (Å²) in [6.45, 7) is 7.67. The average Bonchev–Trinajstić information content (AvgIpc) is 2.45. The second-order valence-electron chi connectivity index (χ2n) is 5.48. The van der Waals surface area contributed by atoms with Crippen LogP contribution >= 0.6 is 0 Å². The smallest absolute Gasteiger partial charge is 0.118 e. The maximum absolute atomic E-state index is 5.19. The van der Waals surface area contributed by atoms with Crippen molar-refractivity contribution in [2.45, 2.75) is 45.7 Å². The van der Waals surface area contributed by atoms with Crippen molar-refractivity contribution in [2.24, 2.45) is 0 Å². The van der Waals surface area contributed by atoms with Gasteiger partial charge in [-0.15, -0.1) is 0 Å². The van der Waals surface area contributed by atoms with E-state index in [1.807, 2.05) is 12.1 Å². The molecule has 0 spiro atoms. The minimum absolute atomic E-state index is 0.600. The number of rotatable bonds is 10. The van der Waals surface area contributed by atoms with Crippen LogP contribution in [0.25, 0.3) is 0 Å². The molecule has 0 bridgehead atoms. The van der Waals surface area contributed by atoms with Crippen LogP contribution in [0.5, 0.6) is 5.75 Å². The van der Waals surface area contributed by atoms with Crippen LogP contribution in [0.4, 0.5) is 0 Å². The summed E-state index contributed by atoms with van der Waals surface area (Å²) in [6, 6.07) is 8.94. The van der Waals surface area contributed by atoms with Crippen molar-refractivity contribution in [3.05, 3.63) is 29.8 Å². The Bertz CT molecular complexity index is 351. The van der Waals surface area contributed by atoms with Crippen molar-refractivity contribution in [3.8, 4) is 5.75 Å². The van der Waals surface area contributed by atoms with E-state index in [9.17, 15) is 0 Å². The highest BCUT2D eigenvalue weighted by Gasteiger charge is 2.10. The first-order valence-corrected chi connectivity index (χ1v) is 7.74. The second kappa shape index (κ2) is 9.78. The van der Waals surface area contributed by atoms with Crippen LogP contribution in [0.2, 0.25) is 0 Å². The summed E-state index contributed by atoms with van der Waals surface area (Å²) >= 11 is 0. The molecule has 0 radical (unpaired) electrons. The molecule has 1 atom stereocenters. The van der Waals surface area contributed by atoms with Gasteiger partial charge in [0, 0.05) is 19.1 Å². The average molecular weight is 278 g/mol. The zero-order chi connectivity index (χ0) is 14.8. The van der Waals surface area contributed by atoms with Gasteiger partial charge in [0.2, 0.25) is 0 Å². The van der Waals surface area contributed by atoms with E-state index in [0.29, 0.717) is 6.04 Å². The Kier molecular flexibility index (Phi) is 8.31. The first-order chi connectivity index (χ1) is 9.69. The monoisotopic (exact) mass is 278 g/mol. The third-order valence-corrected chi connectivity index (χ3v) is 3.46. The van der Waals surface area contributed by atoms with E-state index in [1.54, 1.807) is 7.11 Å². The quantitative estimate of drug-likeness (QED) is 0.711. The number of likely N-dealkylation sites (N-methyl/N-ethyl adjacent to an activating group) is 1. The molecule has 3 nitrogen and oxygen atoms in total. The van der Waals surface area contributed by atoms with Gasteiger partial charge in [0.1, 0.15) is 5.75 Å². The van der Waals surface area contributed by atoms with E-state index in [-0.39, 0.29) is 0 Å². The Morgan fingerprint density at radius 1 is 1.15 bits per heavy atom. The zero-order valence-corrected chi connectivity index (χ0v) is 13.5. The summed E-state index contributed by atoms with van der Waals surface area (Å²) < 4.78 is 5.19. The third-order valence-electron chi connectivity index (χ3n) is 3.46. The lowest BCUT2D eigenvalue weighted by molar-refractivity contribution is 0.273. The molecule has 1 N–H and O–H groups in total. The van der Waals surface area contributed by atoms with Crippen molar-refractivity contribution in [3.63, 3.8) is 0 Å². The molecule has 0 amide bonds. The number of benzene rings is 1. The van der Waals surface area contributed by atoms with Gasteiger partial charge < -0.3 is 15.0 Å². The molecule has 0 saturated carbocycles. The van der Waals surface area contributed by atoms with Crippen LogP contribution in [0.15, 0.2) is 24.3 Å². The fourth-order valence-corrected chi connectivity index (χ4v) is 2.44. The van der Waals surface area contributed by atoms with Gasteiger partial charge in [-0.05, 0) is 44.1 Å². The molecular weight excluding hydrogens is 248 g/mol. The Hall–Kier alpha value is -1.06. The molecule has 1 aromatic carbocycles. The van der Waals surface area contributed by atoms with Crippen LogP contribution in [0.3, 0.4) is 0 Å². The molecule has 3 heteroatoms. The number of hydrogen-bond donors (Lipinski definition) is 1. The molecule has 0 aliphatic rings. The highest BCUT2D eigenvalue weighted by Crippen LogP contribution is 2.13. The molecule has 0 aliphatic carbocycles.